The fourth-order valence-electron chi connectivity index (χ4n) is 5.09. The SMILES string of the molecule is O=C(/C=C/c1ccc(CN(CCOC(=O)N2CCN(C(=O)c3ccco3)CC2)CCc2c[nH]c3ccccc23)cc1)NO. The van der Waals surface area contributed by atoms with Gasteiger partial charge in [-0.05, 0) is 47.4 Å². The Morgan fingerprint density at radius 1 is 0.977 bits per heavy atom. The van der Waals surface area contributed by atoms with E-state index in [-0.39, 0.29) is 18.6 Å². The highest BCUT2D eigenvalue weighted by molar-refractivity contribution is 5.91. The zero-order valence-electron chi connectivity index (χ0n) is 23.8. The van der Waals surface area contributed by atoms with Crippen molar-refractivity contribution in [2.75, 3.05) is 45.9 Å². The van der Waals surface area contributed by atoms with E-state index in [0.717, 1.165) is 29.6 Å². The van der Waals surface area contributed by atoms with Gasteiger partial charge in [-0.25, -0.2) is 10.3 Å². The standard InChI is InChI=1S/C32H35N5O6/c38-30(34-41)12-11-24-7-9-25(10-8-24)23-35(14-13-26-22-33-28-5-2-1-4-27(26)28)19-21-43-32(40)37-17-15-36(16-18-37)31(39)29-6-3-20-42-29/h1-12,20,22,33,41H,13-19,21,23H2,(H,34,38)/b12-11+. The number of aromatic amines is 1. The number of para-hydroxylation sites is 1. The van der Waals surface area contributed by atoms with E-state index in [1.807, 2.05) is 42.6 Å². The minimum absolute atomic E-state index is 0.177. The van der Waals surface area contributed by atoms with Gasteiger partial charge in [0, 0.05) is 69.0 Å². The molecule has 4 aromatic rings. The molecule has 0 radical (unpaired) electrons. The molecule has 1 aliphatic rings. The van der Waals surface area contributed by atoms with Gasteiger partial charge in [-0.2, -0.15) is 0 Å². The highest BCUT2D eigenvalue weighted by Crippen LogP contribution is 2.19. The highest BCUT2D eigenvalue weighted by Gasteiger charge is 2.26. The van der Waals surface area contributed by atoms with Crippen molar-refractivity contribution >= 4 is 34.9 Å². The van der Waals surface area contributed by atoms with E-state index in [4.69, 9.17) is 14.4 Å². The van der Waals surface area contributed by atoms with Crippen molar-refractivity contribution in [3.8, 4) is 0 Å². The van der Waals surface area contributed by atoms with Crippen LogP contribution < -0.4 is 5.48 Å². The summed E-state index contributed by atoms with van der Waals surface area (Å²) in [4.78, 5) is 45.5. The zero-order chi connectivity index (χ0) is 30.0. The average molecular weight is 586 g/mol. The second-order valence-electron chi connectivity index (χ2n) is 10.3. The Labute approximate surface area is 249 Å². The van der Waals surface area contributed by atoms with Gasteiger partial charge < -0.3 is 23.9 Å². The molecule has 2 aromatic heterocycles. The number of benzene rings is 2. The Morgan fingerprint density at radius 3 is 2.49 bits per heavy atom. The van der Waals surface area contributed by atoms with Crippen LogP contribution in [0, 0.1) is 0 Å². The first-order valence-corrected chi connectivity index (χ1v) is 14.2. The normalized spacial score (nSPS) is 13.6. The zero-order valence-corrected chi connectivity index (χ0v) is 23.8. The minimum Gasteiger partial charge on any atom is -0.459 e. The first kappa shape index (κ1) is 29.6. The summed E-state index contributed by atoms with van der Waals surface area (Å²) in [6, 6.07) is 19.3. The van der Waals surface area contributed by atoms with Gasteiger partial charge in [0.1, 0.15) is 6.61 Å². The van der Waals surface area contributed by atoms with E-state index in [2.05, 4.69) is 22.0 Å². The van der Waals surface area contributed by atoms with Crippen LogP contribution in [0.3, 0.4) is 0 Å². The summed E-state index contributed by atoms with van der Waals surface area (Å²) in [5.74, 6) is -0.473. The number of aromatic nitrogens is 1. The molecule has 1 saturated heterocycles. The van der Waals surface area contributed by atoms with Crippen LogP contribution in [-0.2, 0) is 22.5 Å². The summed E-state index contributed by atoms with van der Waals surface area (Å²) in [5, 5.41) is 9.86. The maximum Gasteiger partial charge on any atom is 0.409 e. The summed E-state index contributed by atoms with van der Waals surface area (Å²) in [6.45, 7) is 3.81. The second kappa shape index (κ2) is 14.3. The van der Waals surface area contributed by atoms with E-state index in [1.165, 1.54) is 23.3 Å². The number of ether oxygens (including phenoxy) is 1. The number of H-pyrrole nitrogens is 1. The van der Waals surface area contributed by atoms with Gasteiger partial charge in [-0.15, -0.1) is 0 Å². The van der Waals surface area contributed by atoms with Crippen LogP contribution in [0.2, 0.25) is 0 Å². The molecule has 43 heavy (non-hydrogen) atoms. The third kappa shape index (κ3) is 7.91. The average Bonchev–Trinajstić information content (AvgIpc) is 3.73. The predicted molar refractivity (Wildman–Crippen MR) is 160 cm³/mol. The number of piperazine rings is 1. The number of fused-ring (bicyclic) bond motifs is 1. The molecule has 11 nitrogen and oxygen atoms in total. The first-order chi connectivity index (χ1) is 21.0. The molecular weight excluding hydrogens is 550 g/mol. The number of amides is 3. The van der Waals surface area contributed by atoms with Gasteiger partial charge in [0.15, 0.2) is 5.76 Å². The van der Waals surface area contributed by atoms with Gasteiger partial charge in [0.2, 0.25) is 0 Å². The third-order valence-corrected chi connectivity index (χ3v) is 7.49. The maximum absolute atomic E-state index is 12.8. The number of carbonyl (C=O) groups excluding carboxylic acids is 3. The van der Waals surface area contributed by atoms with Gasteiger partial charge in [-0.1, -0.05) is 42.5 Å². The number of hydrogen-bond donors (Lipinski definition) is 3. The topological polar surface area (TPSA) is 131 Å². The van der Waals surface area contributed by atoms with Gasteiger partial charge in [0.05, 0.1) is 6.26 Å². The van der Waals surface area contributed by atoms with Crippen molar-refractivity contribution in [2.24, 2.45) is 0 Å². The van der Waals surface area contributed by atoms with E-state index in [0.29, 0.717) is 45.0 Å². The smallest absolute Gasteiger partial charge is 0.409 e. The van der Waals surface area contributed by atoms with Crippen molar-refractivity contribution in [3.63, 3.8) is 0 Å². The molecule has 3 amide bonds. The van der Waals surface area contributed by atoms with Crippen LogP contribution in [-0.4, -0.2) is 88.7 Å². The van der Waals surface area contributed by atoms with Crippen molar-refractivity contribution in [1.29, 1.82) is 0 Å². The molecule has 11 heteroatoms. The van der Waals surface area contributed by atoms with Crippen molar-refractivity contribution in [2.45, 2.75) is 13.0 Å². The monoisotopic (exact) mass is 585 g/mol. The summed E-state index contributed by atoms with van der Waals surface area (Å²) in [7, 11) is 0. The Kier molecular flexibility index (Phi) is 9.88. The molecule has 0 atom stereocenters. The van der Waals surface area contributed by atoms with E-state index in [9.17, 15) is 14.4 Å². The lowest BCUT2D eigenvalue weighted by molar-refractivity contribution is -0.124. The number of rotatable bonds is 11. The number of furan rings is 1. The fourth-order valence-corrected chi connectivity index (χ4v) is 5.09. The Balaban J connectivity index is 1.16. The molecule has 0 unspecified atom stereocenters. The molecule has 224 valence electrons. The molecule has 0 spiro atoms. The van der Waals surface area contributed by atoms with Crippen molar-refractivity contribution in [3.05, 3.63) is 102 Å². The molecule has 5 rings (SSSR count). The van der Waals surface area contributed by atoms with Crippen LogP contribution >= 0.6 is 0 Å². The quantitative estimate of drug-likeness (QED) is 0.138. The van der Waals surface area contributed by atoms with Crippen LogP contribution in [0.25, 0.3) is 17.0 Å². The molecule has 2 aromatic carbocycles. The lowest BCUT2D eigenvalue weighted by Crippen LogP contribution is -2.50. The number of hydroxylamine groups is 1. The second-order valence-corrected chi connectivity index (χ2v) is 10.3. The van der Waals surface area contributed by atoms with Crippen LogP contribution in [0.5, 0.6) is 0 Å². The molecule has 0 saturated carbocycles. The summed E-state index contributed by atoms with van der Waals surface area (Å²) < 4.78 is 10.9. The van der Waals surface area contributed by atoms with Crippen molar-refractivity contribution < 1.29 is 28.7 Å². The Morgan fingerprint density at radius 2 is 1.74 bits per heavy atom. The highest BCUT2D eigenvalue weighted by atomic mass is 16.6. The van der Waals surface area contributed by atoms with Crippen LogP contribution in [0.4, 0.5) is 4.79 Å². The first-order valence-electron chi connectivity index (χ1n) is 14.2. The lowest BCUT2D eigenvalue weighted by atomic mass is 10.1. The molecule has 1 fully saturated rings. The molecule has 0 aliphatic carbocycles. The minimum atomic E-state index is -0.591. The number of nitrogens with zero attached hydrogens (tertiary/aromatic N) is 3. The summed E-state index contributed by atoms with van der Waals surface area (Å²) in [5.41, 5.74) is 5.81. The van der Waals surface area contributed by atoms with E-state index < -0.39 is 5.91 Å². The van der Waals surface area contributed by atoms with E-state index >= 15 is 0 Å². The number of carbonyl (C=O) groups is 3. The van der Waals surface area contributed by atoms with E-state index in [1.54, 1.807) is 33.5 Å². The molecule has 1 aliphatic heterocycles. The number of nitrogens with one attached hydrogen (secondary N) is 2. The Bertz CT molecular complexity index is 1540. The summed E-state index contributed by atoms with van der Waals surface area (Å²) in [6.07, 6.45) is 6.83. The molecule has 0 bridgehead atoms. The van der Waals surface area contributed by atoms with Crippen LogP contribution in [0.15, 0.2) is 83.6 Å². The van der Waals surface area contributed by atoms with Crippen LogP contribution in [0.1, 0.15) is 27.2 Å². The summed E-state index contributed by atoms with van der Waals surface area (Å²) >= 11 is 0. The maximum atomic E-state index is 12.8. The molecule has 3 N–H and O–H groups in total. The molecular formula is C32H35N5O6. The number of hydrogen-bond acceptors (Lipinski definition) is 7. The molecule has 3 heterocycles. The van der Waals surface area contributed by atoms with Gasteiger partial charge >= 0.3 is 6.09 Å². The van der Waals surface area contributed by atoms with Gasteiger partial charge in [0.25, 0.3) is 11.8 Å². The lowest BCUT2D eigenvalue weighted by Gasteiger charge is -2.33. The Hall–Kier alpha value is -4.87. The predicted octanol–water partition coefficient (Wildman–Crippen LogP) is 3.92. The third-order valence-electron chi connectivity index (χ3n) is 7.49. The largest absolute Gasteiger partial charge is 0.459 e. The van der Waals surface area contributed by atoms with Gasteiger partial charge in [-0.3, -0.25) is 19.7 Å². The van der Waals surface area contributed by atoms with Crippen molar-refractivity contribution in [1.82, 2.24) is 25.2 Å². The fraction of sp³-hybridized carbons (Fsp3) is 0.281.